The molecule has 6 rings (SSSR count). The molecule has 0 amide bonds. The highest BCUT2D eigenvalue weighted by atomic mass is 16.7. The predicted octanol–water partition coefficient (Wildman–Crippen LogP) is 12.2. The molecule has 3 aromatic rings. The van der Waals surface area contributed by atoms with Crippen LogP contribution in [-0.4, -0.2) is 80.8 Å². The van der Waals surface area contributed by atoms with E-state index in [1.165, 1.54) is 22.3 Å². The van der Waals surface area contributed by atoms with E-state index in [1.807, 2.05) is 39.0 Å². The Labute approximate surface area is 492 Å². The molecule has 15 unspecified atom stereocenters. The average Bonchev–Trinajstić information content (AvgIpc) is 3.92. The third-order valence-electron chi connectivity index (χ3n) is 16.3. The number of carbonyl (C=O) groups is 2. The summed E-state index contributed by atoms with van der Waals surface area (Å²) in [5.41, 5.74) is 7.68. The van der Waals surface area contributed by atoms with E-state index in [0.29, 0.717) is 24.3 Å². The zero-order chi connectivity index (χ0) is 60.1. The van der Waals surface area contributed by atoms with Crippen molar-refractivity contribution in [3.05, 3.63) is 192 Å². The summed E-state index contributed by atoms with van der Waals surface area (Å²) in [6, 6.07) is 17.6. The normalized spacial score (nSPS) is 23.3. The van der Waals surface area contributed by atoms with Gasteiger partial charge in [0.15, 0.2) is 31.1 Å². The van der Waals surface area contributed by atoms with Crippen LogP contribution in [0.3, 0.4) is 0 Å². The summed E-state index contributed by atoms with van der Waals surface area (Å²) < 4.78 is 17.4. The van der Waals surface area contributed by atoms with E-state index < -0.39 is 49.0 Å². The number of rotatable bonds is 29. The van der Waals surface area contributed by atoms with Gasteiger partial charge in [0, 0.05) is 47.7 Å². The highest BCUT2D eigenvalue weighted by Gasteiger charge is 2.40. The molecule has 2 aromatic heterocycles. The minimum atomic E-state index is -0.879. The van der Waals surface area contributed by atoms with E-state index in [9.17, 15) is 35.1 Å². The van der Waals surface area contributed by atoms with Gasteiger partial charge in [-0.15, -0.1) is 13.2 Å². The number of ether oxygens (including phenoxy) is 2. The highest BCUT2D eigenvalue weighted by Crippen LogP contribution is 2.50. The molecule has 11 heteroatoms. The number of carbonyl (C=O) groups excluding carboxylic acids is 2. The number of hydrogen-bond acceptors (Lipinski definition) is 9. The van der Waals surface area contributed by atoms with Crippen LogP contribution in [0.15, 0.2) is 170 Å². The Kier molecular flexibility index (Phi) is 31.1. The molecule has 1 aliphatic heterocycles. The number of hydrogen-bond donors (Lipinski definition) is 5. The van der Waals surface area contributed by atoms with Crippen LogP contribution in [0, 0.1) is 29.6 Å². The molecule has 2 aliphatic carbocycles. The van der Waals surface area contributed by atoms with E-state index in [-0.39, 0.29) is 67.6 Å². The summed E-state index contributed by atoms with van der Waals surface area (Å²) in [4.78, 5) is 24.3. The maximum absolute atomic E-state index is 12.5. The van der Waals surface area contributed by atoms with E-state index >= 15 is 0 Å². The van der Waals surface area contributed by atoms with Crippen LogP contribution in [0.25, 0.3) is 0 Å². The Morgan fingerprint density at radius 1 is 0.695 bits per heavy atom. The molecule has 1 aromatic carbocycles. The molecule has 11 nitrogen and oxygen atoms in total. The third-order valence-corrected chi connectivity index (χ3v) is 16.3. The first-order valence-electron chi connectivity index (χ1n) is 30.4. The van der Waals surface area contributed by atoms with Crippen molar-refractivity contribution in [2.24, 2.45) is 43.7 Å². The molecule has 0 bridgehead atoms. The molecule has 3 heterocycles. The standard InChI is InChI=1S/C67H92N2O9.C2H6.C2H4/c1-8-52(21-15-16-46(2)44-70)63(49(5)53-28-32-68(6)33-29-53)43-65(55-20-14-13-17-51(45-71)24-25-55)66(56-30-34-69(7)35-31-56)64(54-18-11-9-10-12-19-54)38-50-22-26-57(27-23-50)67-77-61(40-59(75)37-48(4)73)42-62(78-67)41-60(76)39-58(74)36-47(3)72;2*1-2/h9,11-13,15-19,22-35,44-49,52,58-67,72-76H,8,10,14,20-21,36-43H2,1-7H3;1-2H3;1-2H2/q+2;;/b16-15-,17-13-,51-24+,55-25+;;. The van der Waals surface area contributed by atoms with Crippen molar-refractivity contribution in [1.29, 1.82) is 0 Å². The Hall–Kier alpha value is -5.50. The zero-order valence-corrected chi connectivity index (χ0v) is 51.0. The summed E-state index contributed by atoms with van der Waals surface area (Å²) in [6.07, 6.45) is 36.1. The van der Waals surface area contributed by atoms with E-state index in [2.05, 4.69) is 172 Å². The fraction of sp³-hybridized carbons (Fsp3) is 0.521. The summed E-state index contributed by atoms with van der Waals surface area (Å²) >= 11 is 0. The minimum absolute atomic E-state index is 0.0129. The highest BCUT2D eigenvalue weighted by molar-refractivity contribution is 5.78. The van der Waals surface area contributed by atoms with Gasteiger partial charge in [0.1, 0.15) is 26.7 Å². The molecule has 0 spiro atoms. The average molecular weight is 1130 g/mol. The van der Waals surface area contributed by atoms with Crippen molar-refractivity contribution in [2.75, 3.05) is 0 Å². The maximum atomic E-state index is 12.5. The molecule has 1 saturated heterocycles. The Morgan fingerprint density at radius 2 is 1.29 bits per heavy atom. The summed E-state index contributed by atoms with van der Waals surface area (Å²) in [5.74, 6) is 0.563. The summed E-state index contributed by atoms with van der Waals surface area (Å²) in [6.45, 7) is 19.9. The Bertz CT molecular complexity index is 2540. The van der Waals surface area contributed by atoms with Crippen molar-refractivity contribution in [1.82, 2.24) is 0 Å². The number of aryl methyl sites for hydroxylation is 2. The number of nitrogens with zero attached hydrogens (tertiary/aromatic N) is 2. The van der Waals surface area contributed by atoms with Gasteiger partial charge in [-0.1, -0.05) is 138 Å². The van der Waals surface area contributed by atoms with Gasteiger partial charge in [-0.25, -0.2) is 9.13 Å². The molecule has 0 saturated carbocycles. The van der Waals surface area contributed by atoms with Crippen LogP contribution in [0.1, 0.15) is 166 Å². The first-order valence-corrected chi connectivity index (χ1v) is 30.4. The van der Waals surface area contributed by atoms with Crippen molar-refractivity contribution in [3.63, 3.8) is 0 Å². The lowest BCUT2D eigenvalue weighted by molar-refractivity contribution is -0.671. The number of pyridine rings is 2. The third kappa shape index (κ3) is 22.6. The smallest absolute Gasteiger partial charge is 0.184 e. The fourth-order valence-corrected chi connectivity index (χ4v) is 12.1. The fourth-order valence-electron chi connectivity index (χ4n) is 12.1. The van der Waals surface area contributed by atoms with Gasteiger partial charge in [0.05, 0.1) is 42.7 Å². The lowest BCUT2D eigenvalue weighted by atomic mass is 9.62. The quantitative estimate of drug-likeness (QED) is 0.0259. The van der Waals surface area contributed by atoms with Gasteiger partial charge in [0.2, 0.25) is 0 Å². The topological polar surface area (TPSA) is 162 Å². The van der Waals surface area contributed by atoms with Crippen molar-refractivity contribution >= 4 is 12.6 Å². The monoisotopic (exact) mass is 1130 g/mol. The van der Waals surface area contributed by atoms with Crippen LogP contribution in [-0.2, 0) is 39.6 Å². The van der Waals surface area contributed by atoms with Gasteiger partial charge < -0.3 is 39.8 Å². The Morgan fingerprint density at radius 3 is 1.88 bits per heavy atom. The second-order valence-electron chi connectivity index (χ2n) is 22.9. The maximum Gasteiger partial charge on any atom is 0.184 e. The first-order chi connectivity index (χ1) is 39.5. The molecular weight excluding hydrogens is 1020 g/mol. The van der Waals surface area contributed by atoms with Crippen LogP contribution >= 0.6 is 0 Å². The number of allylic oxidation sites excluding steroid dienone is 14. The molecular formula is C71H102N2O9+2. The van der Waals surface area contributed by atoms with Crippen molar-refractivity contribution in [3.8, 4) is 0 Å². The van der Waals surface area contributed by atoms with Crippen LogP contribution in [0.4, 0.5) is 0 Å². The van der Waals surface area contributed by atoms with Gasteiger partial charge in [-0.05, 0) is 142 Å². The van der Waals surface area contributed by atoms with Crippen LogP contribution < -0.4 is 9.13 Å². The predicted molar refractivity (Wildman–Crippen MR) is 330 cm³/mol. The number of aromatic nitrogens is 2. The lowest BCUT2D eigenvalue weighted by Gasteiger charge is -2.41. The number of aldehydes is 2. The molecule has 1 fully saturated rings. The summed E-state index contributed by atoms with van der Waals surface area (Å²) in [5, 5.41) is 52.6. The van der Waals surface area contributed by atoms with E-state index in [1.54, 1.807) is 13.8 Å². The molecule has 82 heavy (non-hydrogen) atoms. The van der Waals surface area contributed by atoms with Gasteiger partial charge in [-0.3, -0.25) is 4.79 Å². The van der Waals surface area contributed by atoms with Gasteiger partial charge >= 0.3 is 0 Å². The van der Waals surface area contributed by atoms with Crippen molar-refractivity contribution < 1.29 is 53.7 Å². The van der Waals surface area contributed by atoms with Crippen LogP contribution in [0.5, 0.6) is 0 Å². The second kappa shape index (κ2) is 36.9. The summed E-state index contributed by atoms with van der Waals surface area (Å²) in [7, 11) is 4.11. The second-order valence-corrected chi connectivity index (χ2v) is 22.9. The molecule has 15 atom stereocenters. The molecule has 3 aliphatic rings. The van der Waals surface area contributed by atoms with Gasteiger partial charge in [0.25, 0.3) is 0 Å². The SMILES string of the molecule is C=C.CC.CCC(C/C=C\C(C)C=O)C(CC(/C1=C/C=C(C=O)\C=C/CC1)C(c1cc[n+](C)cc1)C(Cc1ccc(C2OC(CC(O)CC(C)O)CC(CC(O)CC(O)CC(C)O)O2)cc1)C1=CC=CCC=C1)C(C)c1cc[n+](C)cc1. The van der Waals surface area contributed by atoms with E-state index in [0.717, 1.165) is 62.2 Å². The number of benzene rings is 1. The van der Waals surface area contributed by atoms with Gasteiger partial charge in [-0.2, -0.15) is 0 Å². The van der Waals surface area contributed by atoms with E-state index in [4.69, 9.17) is 9.47 Å². The first kappa shape index (κ1) is 69.0. The molecule has 448 valence electrons. The largest absolute Gasteiger partial charge is 0.393 e. The lowest BCUT2D eigenvalue weighted by Crippen LogP contribution is -2.38. The Balaban J connectivity index is 0.00000353. The molecule has 0 radical (unpaired) electrons. The minimum Gasteiger partial charge on any atom is -0.393 e. The molecule has 5 N–H and O–H groups in total. The number of aliphatic hydroxyl groups excluding tert-OH is 5. The number of aliphatic hydroxyl groups is 5. The van der Waals surface area contributed by atoms with Crippen LogP contribution in [0.2, 0.25) is 0 Å². The zero-order valence-electron chi connectivity index (χ0n) is 51.0. The van der Waals surface area contributed by atoms with Crippen molar-refractivity contribution in [2.45, 2.75) is 193 Å².